The monoisotopic (exact) mass is 340 g/mol. The number of ketones is 1. The van der Waals surface area contributed by atoms with Crippen molar-refractivity contribution in [3.63, 3.8) is 0 Å². The molecule has 0 heterocycles. The summed E-state index contributed by atoms with van der Waals surface area (Å²) >= 11 is 0. The Balaban J connectivity index is 2.11. The molecule has 0 aliphatic rings. The van der Waals surface area contributed by atoms with Crippen molar-refractivity contribution in [2.45, 2.75) is 40.7 Å². The standard InChI is InChI=1S/C21H24O4/c1-14-7-5-8-15(2)18(14)13-25-17-10-6-9-16(11-17)19(22)12-21(3,4)20(23)24/h5-11H,12-13H2,1-4H3,(H,23,24). The second kappa shape index (κ2) is 7.51. The Morgan fingerprint density at radius 3 is 2.24 bits per heavy atom. The van der Waals surface area contributed by atoms with Crippen molar-refractivity contribution < 1.29 is 19.4 Å². The molecule has 0 atom stereocenters. The van der Waals surface area contributed by atoms with Crippen molar-refractivity contribution in [1.29, 1.82) is 0 Å². The van der Waals surface area contributed by atoms with Crippen LogP contribution in [0.25, 0.3) is 0 Å². The van der Waals surface area contributed by atoms with E-state index >= 15 is 0 Å². The zero-order valence-electron chi connectivity index (χ0n) is 15.1. The van der Waals surface area contributed by atoms with Gasteiger partial charge in [-0.1, -0.05) is 30.3 Å². The number of Topliss-reactive ketones (excluding diaryl/α,β-unsaturated/α-hetero) is 1. The molecule has 2 rings (SSSR count). The molecule has 0 unspecified atom stereocenters. The highest BCUT2D eigenvalue weighted by Crippen LogP contribution is 2.25. The summed E-state index contributed by atoms with van der Waals surface area (Å²) in [5.74, 6) is -0.588. The van der Waals surface area contributed by atoms with Gasteiger partial charge in [0.15, 0.2) is 5.78 Å². The van der Waals surface area contributed by atoms with Crippen LogP contribution in [-0.2, 0) is 11.4 Å². The Kier molecular flexibility index (Phi) is 5.62. The van der Waals surface area contributed by atoms with Crippen molar-refractivity contribution in [3.05, 3.63) is 64.7 Å². The molecule has 0 bridgehead atoms. The van der Waals surface area contributed by atoms with Crippen molar-refractivity contribution in [2.75, 3.05) is 0 Å². The first-order valence-corrected chi connectivity index (χ1v) is 8.25. The molecule has 2 aromatic rings. The number of ether oxygens (including phenoxy) is 1. The Hall–Kier alpha value is -2.62. The zero-order valence-corrected chi connectivity index (χ0v) is 15.1. The van der Waals surface area contributed by atoms with Gasteiger partial charge in [-0.2, -0.15) is 0 Å². The number of carboxylic acids is 1. The van der Waals surface area contributed by atoms with Crippen LogP contribution in [0.4, 0.5) is 0 Å². The third kappa shape index (κ3) is 4.69. The summed E-state index contributed by atoms with van der Waals surface area (Å²) in [5.41, 5.74) is 2.83. The molecule has 0 fully saturated rings. The third-order valence-electron chi connectivity index (χ3n) is 4.37. The van der Waals surface area contributed by atoms with Gasteiger partial charge < -0.3 is 9.84 Å². The fourth-order valence-corrected chi connectivity index (χ4v) is 2.57. The summed E-state index contributed by atoms with van der Waals surface area (Å²) in [5, 5.41) is 9.18. The Morgan fingerprint density at radius 2 is 1.64 bits per heavy atom. The van der Waals surface area contributed by atoms with E-state index < -0.39 is 11.4 Å². The minimum Gasteiger partial charge on any atom is -0.489 e. The van der Waals surface area contributed by atoms with Crippen LogP contribution >= 0.6 is 0 Å². The molecule has 0 saturated carbocycles. The van der Waals surface area contributed by atoms with E-state index in [2.05, 4.69) is 0 Å². The van der Waals surface area contributed by atoms with E-state index in [-0.39, 0.29) is 12.2 Å². The van der Waals surface area contributed by atoms with E-state index in [9.17, 15) is 14.7 Å². The van der Waals surface area contributed by atoms with E-state index in [0.717, 1.165) is 16.7 Å². The average Bonchev–Trinajstić information content (AvgIpc) is 2.54. The molecule has 0 saturated heterocycles. The van der Waals surface area contributed by atoms with Crippen molar-refractivity contribution >= 4 is 11.8 Å². The number of hydrogen-bond donors (Lipinski definition) is 1. The molecule has 25 heavy (non-hydrogen) atoms. The van der Waals surface area contributed by atoms with Gasteiger partial charge in [-0.3, -0.25) is 9.59 Å². The number of carbonyl (C=O) groups excluding carboxylic acids is 1. The average molecular weight is 340 g/mol. The predicted molar refractivity (Wildman–Crippen MR) is 97.1 cm³/mol. The molecular weight excluding hydrogens is 316 g/mol. The van der Waals surface area contributed by atoms with Crippen LogP contribution in [0.3, 0.4) is 0 Å². The predicted octanol–water partition coefficient (Wildman–Crippen LogP) is 4.57. The van der Waals surface area contributed by atoms with Gasteiger partial charge in [0, 0.05) is 12.0 Å². The number of aliphatic carboxylic acids is 1. The van der Waals surface area contributed by atoms with Crippen LogP contribution in [0.5, 0.6) is 5.75 Å². The first kappa shape index (κ1) is 18.7. The topological polar surface area (TPSA) is 63.6 Å². The second-order valence-corrected chi connectivity index (χ2v) is 6.98. The molecule has 4 heteroatoms. The lowest BCUT2D eigenvalue weighted by Gasteiger charge is -2.18. The lowest BCUT2D eigenvalue weighted by Crippen LogP contribution is -2.26. The van der Waals surface area contributed by atoms with Gasteiger partial charge in [0.1, 0.15) is 12.4 Å². The minimum atomic E-state index is -1.09. The molecule has 1 N–H and O–H groups in total. The number of rotatable bonds is 7. The molecule has 0 aromatic heterocycles. The molecule has 2 aromatic carbocycles. The summed E-state index contributed by atoms with van der Waals surface area (Å²) in [6, 6.07) is 13.0. The maximum absolute atomic E-state index is 12.4. The first-order valence-electron chi connectivity index (χ1n) is 8.25. The zero-order chi connectivity index (χ0) is 18.6. The lowest BCUT2D eigenvalue weighted by molar-refractivity contribution is -0.146. The summed E-state index contributed by atoms with van der Waals surface area (Å²) in [6.07, 6.45) is -0.0529. The highest BCUT2D eigenvalue weighted by Gasteiger charge is 2.30. The van der Waals surface area contributed by atoms with Crippen LogP contribution in [0.1, 0.15) is 47.3 Å². The van der Waals surface area contributed by atoms with E-state index in [1.165, 1.54) is 0 Å². The summed E-state index contributed by atoms with van der Waals surface area (Å²) in [6.45, 7) is 7.61. The SMILES string of the molecule is Cc1cccc(C)c1COc1cccc(C(=O)CC(C)(C)C(=O)O)c1. The molecule has 0 amide bonds. The number of carbonyl (C=O) groups is 2. The maximum Gasteiger partial charge on any atom is 0.309 e. The van der Waals surface area contributed by atoms with Gasteiger partial charge in [-0.25, -0.2) is 0 Å². The Morgan fingerprint density at radius 1 is 1.04 bits per heavy atom. The minimum absolute atomic E-state index is 0.0529. The van der Waals surface area contributed by atoms with Crippen molar-refractivity contribution in [2.24, 2.45) is 5.41 Å². The van der Waals surface area contributed by atoms with Gasteiger partial charge in [0.25, 0.3) is 0 Å². The van der Waals surface area contributed by atoms with E-state index in [1.54, 1.807) is 38.1 Å². The molecular formula is C21H24O4. The first-order chi connectivity index (χ1) is 11.7. The van der Waals surface area contributed by atoms with Gasteiger partial charge in [-0.15, -0.1) is 0 Å². The molecule has 0 aliphatic carbocycles. The van der Waals surface area contributed by atoms with Crippen molar-refractivity contribution in [1.82, 2.24) is 0 Å². The molecule has 0 aliphatic heterocycles. The van der Waals surface area contributed by atoms with Crippen LogP contribution in [0, 0.1) is 19.3 Å². The Labute approximate surface area is 148 Å². The smallest absolute Gasteiger partial charge is 0.309 e. The number of aryl methyl sites for hydroxylation is 2. The largest absolute Gasteiger partial charge is 0.489 e. The number of benzene rings is 2. The summed E-state index contributed by atoms with van der Waals surface area (Å²) in [4.78, 5) is 23.6. The van der Waals surface area contributed by atoms with E-state index in [1.807, 2.05) is 32.0 Å². The quantitative estimate of drug-likeness (QED) is 0.750. The van der Waals surface area contributed by atoms with Crippen LogP contribution in [0.2, 0.25) is 0 Å². The van der Waals surface area contributed by atoms with E-state index in [4.69, 9.17) is 4.74 Å². The van der Waals surface area contributed by atoms with Crippen LogP contribution in [-0.4, -0.2) is 16.9 Å². The van der Waals surface area contributed by atoms with E-state index in [0.29, 0.717) is 17.9 Å². The summed E-state index contributed by atoms with van der Waals surface area (Å²) < 4.78 is 5.85. The number of carboxylic acid groups (broad SMARTS) is 1. The van der Waals surface area contributed by atoms with Crippen LogP contribution < -0.4 is 4.74 Å². The van der Waals surface area contributed by atoms with Gasteiger partial charge in [0.2, 0.25) is 0 Å². The van der Waals surface area contributed by atoms with Crippen LogP contribution in [0.15, 0.2) is 42.5 Å². The number of hydrogen-bond acceptors (Lipinski definition) is 3. The molecule has 132 valence electrons. The normalized spacial score (nSPS) is 11.2. The summed E-state index contributed by atoms with van der Waals surface area (Å²) in [7, 11) is 0. The fraction of sp³-hybridized carbons (Fsp3) is 0.333. The Bertz CT molecular complexity index is 770. The third-order valence-corrected chi connectivity index (χ3v) is 4.37. The van der Waals surface area contributed by atoms with Crippen molar-refractivity contribution in [3.8, 4) is 5.75 Å². The fourth-order valence-electron chi connectivity index (χ4n) is 2.57. The lowest BCUT2D eigenvalue weighted by atomic mass is 9.86. The highest BCUT2D eigenvalue weighted by molar-refractivity contribution is 5.99. The maximum atomic E-state index is 12.4. The second-order valence-electron chi connectivity index (χ2n) is 6.98. The molecule has 0 spiro atoms. The molecule has 0 radical (unpaired) electrons. The van der Waals surface area contributed by atoms with Gasteiger partial charge >= 0.3 is 5.97 Å². The van der Waals surface area contributed by atoms with Gasteiger partial charge in [0.05, 0.1) is 5.41 Å². The highest BCUT2D eigenvalue weighted by atomic mass is 16.5. The van der Waals surface area contributed by atoms with Gasteiger partial charge in [-0.05, 0) is 56.5 Å². The molecule has 4 nitrogen and oxygen atoms in total.